The molecule has 0 fully saturated rings. The SMILES string of the molecule is CCOC(=C(c1ccccc1)c1ccccc1)C(F)(F)F. The Labute approximate surface area is 121 Å². The number of hydrogen-bond acceptors (Lipinski definition) is 1. The van der Waals surface area contributed by atoms with Crippen LogP contribution in [0, 0.1) is 0 Å². The average molecular weight is 292 g/mol. The topological polar surface area (TPSA) is 9.23 Å². The van der Waals surface area contributed by atoms with E-state index >= 15 is 0 Å². The molecule has 0 amide bonds. The van der Waals surface area contributed by atoms with Crippen LogP contribution in [0.3, 0.4) is 0 Å². The van der Waals surface area contributed by atoms with Crippen molar-refractivity contribution in [1.82, 2.24) is 0 Å². The van der Waals surface area contributed by atoms with Crippen molar-refractivity contribution < 1.29 is 17.9 Å². The summed E-state index contributed by atoms with van der Waals surface area (Å²) in [5, 5.41) is 0. The summed E-state index contributed by atoms with van der Waals surface area (Å²) in [5.74, 6) is -0.956. The molecule has 0 aliphatic carbocycles. The minimum absolute atomic E-state index is 0.0436. The summed E-state index contributed by atoms with van der Waals surface area (Å²) in [6.07, 6.45) is -4.54. The number of hydrogen-bond donors (Lipinski definition) is 0. The molecule has 0 aliphatic heterocycles. The lowest BCUT2D eigenvalue weighted by atomic mass is 9.96. The zero-order valence-corrected chi connectivity index (χ0v) is 11.5. The first-order valence-corrected chi connectivity index (χ1v) is 6.59. The highest BCUT2D eigenvalue weighted by molar-refractivity contribution is 5.81. The predicted molar refractivity (Wildman–Crippen MR) is 76.6 cm³/mol. The molecule has 1 nitrogen and oxygen atoms in total. The predicted octanol–water partition coefficient (Wildman–Crippen LogP) is 5.04. The molecule has 4 heteroatoms. The van der Waals surface area contributed by atoms with E-state index in [9.17, 15) is 13.2 Å². The van der Waals surface area contributed by atoms with E-state index in [4.69, 9.17) is 4.74 Å². The highest BCUT2D eigenvalue weighted by atomic mass is 19.4. The van der Waals surface area contributed by atoms with Gasteiger partial charge in [-0.25, -0.2) is 0 Å². The van der Waals surface area contributed by atoms with Crippen LogP contribution in [0.1, 0.15) is 18.1 Å². The molecule has 0 N–H and O–H groups in total. The lowest BCUT2D eigenvalue weighted by molar-refractivity contribution is -0.128. The van der Waals surface area contributed by atoms with E-state index < -0.39 is 11.9 Å². The van der Waals surface area contributed by atoms with Gasteiger partial charge >= 0.3 is 6.18 Å². The van der Waals surface area contributed by atoms with E-state index in [2.05, 4.69) is 0 Å². The first-order valence-electron chi connectivity index (χ1n) is 6.59. The highest BCUT2D eigenvalue weighted by Crippen LogP contribution is 2.36. The Bertz CT molecular complexity index is 559. The third-order valence-corrected chi connectivity index (χ3v) is 2.90. The highest BCUT2D eigenvalue weighted by Gasteiger charge is 2.39. The fourth-order valence-corrected chi connectivity index (χ4v) is 2.08. The molecular formula is C17H15F3O. The molecule has 0 atom stereocenters. The van der Waals surface area contributed by atoms with Crippen molar-refractivity contribution in [2.45, 2.75) is 13.1 Å². The van der Waals surface area contributed by atoms with Crippen LogP contribution in [0.25, 0.3) is 5.57 Å². The number of rotatable bonds is 4. The summed E-state index contributed by atoms with van der Waals surface area (Å²) in [5.41, 5.74) is 1.01. The van der Waals surface area contributed by atoms with Gasteiger partial charge in [-0.3, -0.25) is 0 Å². The Kier molecular flexibility index (Phi) is 4.68. The molecule has 0 aromatic heterocycles. The number of halogens is 3. The summed E-state index contributed by atoms with van der Waals surface area (Å²) >= 11 is 0. The van der Waals surface area contributed by atoms with Gasteiger partial charge in [0.1, 0.15) is 0 Å². The van der Waals surface area contributed by atoms with Crippen molar-refractivity contribution in [3.05, 3.63) is 77.5 Å². The van der Waals surface area contributed by atoms with E-state index in [1.807, 2.05) is 0 Å². The summed E-state index contributed by atoms with van der Waals surface area (Å²) in [6.45, 7) is 1.50. The Morgan fingerprint density at radius 1 is 0.857 bits per heavy atom. The second-order valence-corrected chi connectivity index (χ2v) is 4.37. The molecule has 0 unspecified atom stereocenters. The van der Waals surface area contributed by atoms with Gasteiger partial charge in [-0.2, -0.15) is 13.2 Å². The molecule has 0 radical (unpaired) electrons. The molecule has 2 aromatic rings. The van der Waals surface area contributed by atoms with Gasteiger partial charge < -0.3 is 4.74 Å². The maximum atomic E-state index is 13.3. The largest absolute Gasteiger partial charge is 0.489 e. The van der Waals surface area contributed by atoms with E-state index in [0.29, 0.717) is 11.1 Å². The molecular weight excluding hydrogens is 277 g/mol. The maximum Gasteiger partial charge on any atom is 0.449 e. The van der Waals surface area contributed by atoms with E-state index in [0.717, 1.165) is 0 Å². The Balaban J connectivity index is 2.71. The van der Waals surface area contributed by atoms with Gasteiger partial charge in [-0.05, 0) is 18.1 Å². The second-order valence-electron chi connectivity index (χ2n) is 4.37. The van der Waals surface area contributed by atoms with Crippen LogP contribution in [-0.4, -0.2) is 12.8 Å². The molecule has 110 valence electrons. The molecule has 2 aromatic carbocycles. The van der Waals surface area contributed by atoms with Crippen LogP contribution in [0.2, 0.25) is 0 Å². The van der Waals surface area contributed by atoms with Gasteiger partial charge in [0.25, 0.3) is 0 Å². The van der Waals surface area contributed by atoms with E-state index in [1.54, 1.807) is 67.6 Å². The smallest absolute Gasteiger partial charge is 0.449 e. The van der Waals surface area contributed by atoms with Gasteiger partial charge in [0.2, 0.25) is 5.76 Å². The Morgan fingerprint density at radius 3 is 1.62 bits per heavy atom. The summed E-state index contributed by atoms with van der Waals surface area (Å²) in [6, 6.07) is 16.9. The standard InChI is InChI=1S/C17H15F3O/c1-2-21-16(17(18,19)20)15(13-9-5-3-6-10-13)14-11-7-4-8-12-14/h3-12H,2H2,1H3. The Morgan fingerprint density at radius 2 is 1.29 bits per heavy atom. The molecule has 21 heavy (non-hydrogen) atoms. The molecule has 0 spiro atoms. The molecule has 0 aliphatic rings. The van der Waals surface area contributed by atoms with Crippen LogP contribution in [0.15, 0.2) is 66.4 Å². The maximum absolute atomic E-state index is 13.3. The van der Waals surface area contributed by atoms with Crippen LogP contribution in [-0.2, 0) is 4.74 Å². The van der Waals surface area contributed by atoms with Crippen molar-refractivity contribution >= 4 is 5.57 Å². The summed E-state index contributed by atoms with van der Waals surface area (Å²) < 4.78 is 45.0. The molecule has 0 saturated heterocycles. The normalized spacial score (nSPS) is 11.0. The van der Waals surface area contributed by atoms with Crippen LogP contribution >= 0.6 is 0 Å². The van der Waals surface area contributed by atoms with E-state index in [1.165, 1.54) is 0 Å². The van der Waals surface area contributed by atoms with Crippen molar-refractivity contribution in [2.24, 2.45) is 0 Å². The van der Waals surface area contributed by atoms with Crippen molar-refractivity contribution in [2.75, 3.05) is 6.61 Å². The van der Waals surface area contributed by atoms with Gasteiger partial charge in [0, 0.05) is 5.57 Å². The minimum atomic E-state index is -4.54. The van der Waals surface area contributed by atoms with Crippen molar-refractivity contribution in [3.8, 4) is 0 Å². The van der Waals surface area contributed by atoms with Crippen LogP contribution in [0.5, 0.6) is 0 Å². The number of allylic oxidation sites excluding steroid dienone is 1. The second kappa shape index (κ2) is 6.48. The fraction of sp³-hybridized carbons (Fsp3) is 0.176. The Hall–Kier alpha value is -2.23. The lowest BCUT2D eigenvalue weighted by Crippen LogP contribution is -2.17. The first kappa shape index (κ1) is 15.2. The van der Waals surface area contributed by atoms with Crippen molar-refractivity contribution in [3.63, 3.8) is 0 Å². The zero-order valence-electron chi connectivity index (χ0n) is 11.5. The zero-order chi connectivity index (χ0) is 15.3. The molecule has 0 heterocycles. The first-order chi connectivity index (χ1) is 10.0. The fourth-order valence-electron chi connectivity index (χ4n) is 2.08. The quantitative estimate of drug-likeness (QED) is 0.717. The van der Waals surface area contributed by atoms with Gasteiger partial charge in [-0.1, -0.05) is 60.7 Å². The summed E-state index contributed by atoms with van der Waals surface area (Å²) in [4.78, 5) is 0. The minimum Gasteiger partial charge on any atom is -0.489 e. The monoisotopic (exact) mass is 292 g/mol. The molecule has 0 bridgehead atoms. The lowest BCUT2D eigenvalue weighted by Gasteiger charge is -2.18. The number of benzene rings is 2. The number of alkyl halides is 3. The van der Waals surface area contributed by atoms with Gasteiger partial charge in [-0.15, -0.1) is 0 Å². The van der Waals surface area contributed by atoms with Gasteiger partial charge in [0.05, 0.1) is 6.61 Å². The van der Waals surface area contributed by atoms with Gasteiger partial charge in [0.15, 0.2) is 0 Å². The van der Waals surface area contributed by atoms with Crippen molar-refractivity contribution in [1.29, 1.82) is 0 Å². The third kappa shape index (κ3) is 3.66. The average Bonchev–Trinajstić information content (AvgIpc) is 2.48. The number of ether oxygens (including phenoxy) is 1. The van der Waals surface area contributed by atoms with Crippen LogP contribution in [0.4, 0.5) is 13.2 Å². The third-order valence-electron chi connectivity index (χ3n) is 2.90. The van der Waals surface area contributed by atoms with Crippen LogP contribution < -0.4 is 0 Å². The van der Waals surface area contributed by atoms with E-state index in [-0.39, 0.29) is 12.2 Å². The molecule has 2 rings (SSSR count). The summed E-state index contributed by atoms with van der Waals surface area (Å²) in [7, 11) is 0. The molecule has 0 saturated carbocycles.